The van der Waals surface area contributed by atoms with Gasteiger partial charge in [-0.3, -0.25) is 9.59 Å². The molecule has 1 atom stereocenters. The Labute approximate surface area is 189 Å². The average molecular weight is 425 g/mol. The molecule has 3 aliphatic carbocycles. The maximum Gasteiger partial charge on any atom is 0.251 e. The molecule has 0 heterocycles. The first-order chi connectivity index (χ1) is 15.6. The molecule has 0 saturated heterocycles. The van der Waals surface area contributed by atoms with Gasteiger partial charge in [0.15, 0.2) is 0 Å². The van der Waals surface area contributed by atoms with Crippen LogP contribution in [0.5, 0.6) is 0 Å². The molecule has 0 aromatic heterocycles. The van der Waals surface area contributed by atoms with E-state index in [1.807, 2.05) is 25.1 Å². The first-order valence-corrected chi connectivity index (χ1v) is 11.4. The van der Waals surface area contributed by atoms with Gasteiger partial charge in [-0.25, -0.2) is 0 Å². The van der Waals surface area contributed by atoms with E-state index >= 15 is 0 Å². The lowest BCUT2D eigenvalue weighted by molar-refractivity contribution is -0.121. The van der Waals surface area contributed by atoms with E-state index in [9.17, 15) is 9.59 Å². The molecule has 162 valence electrons. The Balaban J connectivity index is 1.19. The number of amides is 2. The van der Waals surface area contributed by atoms with Gasteiger partial charge in [0.1, 0.15) is 0 Å². The zero-order chi connectivity index (χ0) is 22.1. The van der Waals surface area contributed by atoms with Gasteiger partial charge in [0.25, 0.3) is 5.91 Å². The SMILES string of the molecule is Cc1cccc(C(=O)NCCC(=O)NCC2CC3c4ccccc4C2c2ccccc23)c1. The van der Waals surface area contributed by atoms with E-state index in [0.29, 0.717) is 36.4 Å². The highest BCUT2D eigenvalue weighted by Gasteiger charge is 2.42. The average Bonchev–Trinajstić information content (AvgIpc) is 2.83. The number of hydrogen-bond donors (Lipinski definition) is 2. The lowest BCUT2D eigenvalue weighted by Crippen LogP contribution is -2.40. The van der Waals surface area contributed by atoms with E-state index in [2.05, 4.69) is 59.2 Å². The number of hydrogen-bond acceptors (Lipinski definition) is 2. The number of aryl methyl sites for hydroxylation is 1. The molecule has 0 fully saturated rings. The Morgan fingerprint density at radius 3 is 2.16 bits per heavy atom. The normalized spacial score (nSPS) is 20.2. The van der Waals surface area contributed by atoms with Crippen molar-refractivity contribution in [2.75, 3.05) is 13.1 Å². The molecular weight excluding hydrogens is 396 g/mol. The van der Waals surface area contributed by atoms with Crippen LogP contribution in [0.15, 0.2) is 72.8 Å². The third-order valence-corrected chi connectivity index (χ3v) is 6.90. The molecule has 0 saturated carbocycles. The smallest absolute Gasteiger partial charge is 0.251 e. The maximum absolute atomic E-state index is 12.5. The van der Waals surface area contributed by atoms with Crippen molar-refractivity contribution in [2.45, 2.75) is 31.6 Å². The van der Waals surface area contributed by atoms with Crippen LogP contribution in [0, 0.1) is 12.8 Å². The molecule has 2 amide bonds. The number of nitrogens with one attached hydrogen (secondary N) is 2. The summed E-state index contributed by atoms with van der Waals surface area (Å²) in [5.41, 5.74) is 7.37. The second-order valence-corrected chi connectivity index (χ2v) is 8.96. The van der Waals surface area contributed by atoms with Crippen molar-refractivity contribution in [3.63, 3.8) is 0 Å². The molecule has 3 aliphatic rings. The number of rotatable bonds is 6. The molecule has 1 unspecified atom stereocenters. The van der Waals surface area contributed by atoms with E-state index in [-0.39, 0.29) is 18.2 Å². The molecule has 0 aliphatic heterocycles. The van der Waals surface area contributed by atoms with E-state index in [4.69, 9.17) is 0 Å². The van der Waals surface area contributed by atoms with Crippen molar-refractivity contribution in [1.29, 1.82) is 0 Å². The molecular formula is C28H28N2O2. The number of benzene rings is 3. The third-order valence-electron chi connectivity index (χ3n) is 6.90. The summed E-state index contributed by atoms with van der Waals surface area (Å²) >= 11 is 0. The predicted octanol–water partition coefficient (Wildman–Crippen LogP) is 4.53. The Bertz CT molecular complexity index is 1120. The zero-order valence-electron chi connectivity index (χ0n) is 18.3. The molecule has 3 aromatic rings. The van der Waals surface area contributed by atoms with Gasteiger partial charge in [-0.2, -0.15) is 0 Å². The summed E-state index contributed by atoms with van der Waals surface area (Å²) in [6.07, 6.45) is 1.34. The second-order valence-electron chi connectivity index (χ2n) is 8.96. The fourth-order valence-corrected chi connectivity index (χ4v) is 5.47. The van der Waals surface area contributed by atoms with Gasteiger partial charge in [0, 0.05) is 36.9 Å². The fourth-order valence-electron chi connectivity index (χ4n) is 5.47. The molecule has 4 nitrogen and oxygen atoms in total. The lowest BCUT2D eigenvalue weighted by Gasteiger charge is -2.45. The van der Waals surface area contributed by atoms with Gasteiger partial charge in [-0.05, 0) is 53.6 Å². The van der Waals surface area contributed by atoms with E-state index in [1.165, 1.54) is 22.3 Å². The van der Waals surface area contributed by atoms with Crippen molar-refractivity contribution < 1.29 is 9.59 Å². The number of fused-ring (bicyclic) bond motifs is 1. The Hall–Kier alpha value is -3.40. The van der Waals surface area contributed by atoms with Gasteiger partial charge in [0.05, 0.1) is 0 Å². The highest BCUT2D eigenvalue weighted by atomic mass is 16.2. The standard InChI is InChI=1S/C28H28N2O2/c1-18-7-6-8-19(15-18)28(32)29-14-13-26(31)30-17-20-16-25-21-9-2-4-11-23(21)27(20)24-12-5-3-10-22(24)25/h2-12,15,20,25,27H,13-14,16-17H2,1H3,(H,29,32)(H,30,31). The molecule has 2 N–H and O–H groups in total. The van der Waals surface area contributed by atoms with Gasteiger partial charge >= 0.3 is 0 Å². The van der Waals surface area contributed by atoms with Crippen molar-refractivity contribution in [1.82, 2.24) is 10.6 Å². The maximum atomic E-state index is 12.5. The Morgan fingerprint density at radius 2 is 1.50 bits per heavy atom. The summed E-state index contributed by atoms with van der Waals surface area (Å²) in [5, 5.41) is 5.98. The largest absolute Gasteiger partial charge is 0.356 e. The van der Waals surface area contributed by atoms with Crippen molar-refractivity contribution in [2.24, 2.45) is 5.92 Å². The molecule has 6 rings (SSSR count). The number of carbonyl (C=O) groups excluding carboxylic acids is 2. The van der Waals surface area contributed by atoms with Crippen molar-refractivity contribution in [3.05, 3.63) is 106 Å². The highest BCUT2D eigenvalue weighted by molar-refractivity contribution is 5.94. The third kappa shape index (κ3) is 3.81. The minimum Gasteiger partial charge on any atom is -0.356 e. The first kappa shape index (κ1) is 20.5. The van der Waals surface area contributed by atoms with Crippen LogP contribution in [-0.4, -0.2) is 24.9 Å². The Morgan fingerprint density at radius 1 is 0.844 bits per heavy atom. The summed E-state index contributed by atoms with van der Waals surface area (Å²) in [7, 11) is 0. The number of carbonyl (C=O) groups is 2. The monoisotopic (exact) mass is 424 g/mol. The molecule has 0 radical (unpaired) electrons. The van der Waals surface area contributed by atoms with Crippen LogP contribution in [0.4, 0.5) is 0 Å². The van der Waals surface area contributed by atoms with E-state index in [1.54, 1.807) is 6.07 Å². The lowest BCUT2D eigenvalue weighted by atomic mass is 9.59. The zero-order valence-corrected chi connectivity index (χ0v) is 18.3. The highest BCUT2D eigenvalue weighted by Crippen LogP contribution is 2.55. The van der Waals surface area contributed by atoms with Gasteiger partial charge in [-0.15, -0.1) is 0 Å². The molecule has 0 spiro atoms. The summed E-state index contributed by atoms with van der Waals surface area (Å²) in [6.45, 7) is 2.95. The molecule has 4 heteroatoms. The first-order valence-electron chi connectivity index (χ1n) is 11.4. The van der Waals surface area contributed by atoms with E-state index in [0.717, 1.165) is 12.0 Å². The quantitative estimate of drug-likeness (QED) is 0.611. The molecule has 2 bridgehead atoms. The minimum absolute atomic E-state index is 0.0161. The van der Waals surface area contributed by atoms with Crippen LogP contribution < -0.4 is 10.6 Å². The van der Waals surface area contributed by atoms with Crippen LogP contribution in [-0.2, 0) is 4.79 Å². The van der Waals surface area contributed by atoms with Crippen LogP contribution in [0.1, 0.15) is 62.9 Å². The second kappa shape index (κ2) is 8.62. The minimum atomic E-state index is -0.140. The van der Waals surface area contributed by atoms with Crippen LogP contribution in [0.3, 0.4) is 0 Å². The van der Waals surface area contributed by atoms with E-state index < -0.39 is 0 Å². The summed E-state index contributed by atoms with van der Waals surface area (Å²) in [6, 6.07) is 25.0. The van der Waals surface area contributed by atoms with Crippen LogP contribution in [0.25, 0.3) is 0 Å². The fraction of sp³-hybridized carbons (Fsp3) is 0.286. The van der Waals surface area contributed by atoms with Crippen molar-refractivity contribution in [3.8, 4) is 0 Å². The predicted molar refractivity (Wildman–Crippen MR) is 126 cm³/mol. The molecule has 3 aromatic carbocycles. The van der Waals surface area contributed by atoms with Crippen LogP contribution >= 0.6 is 0 Å². The van der Waals surface area contributed by atoms with Crippen molar-refractivity contribution >= 4 is 11.8 Å². The summed E-state index contributed by atoms with van der Waals surface area (Å²) < 4.78 is 0. The van der Waals surface area contributed by atoms with Crippen LogP contribution in [0.2, 0.25) is 0 Å². The van der Waals surface area contributed by atoms with Gasteiger partial charge < -0.3 is 10.6 Å². The topological polar surface area (TPSA) is 58.2 Å². The summed E-state index contributed by atoms with van der Waals surface area (Å²) in [5.74, 6) is 0.962. The van der Waals surface area contributed by atoms with Gasteiger partial charge in [-0.1, -0.05) is 66.2 Å². The molecule has 32 heavy (non-hydrogen) atoms. The van der Waals surface area contributed by atoms with Gasteiger partial charge in [0.2, 0.25) is 5.91 Å². The Kier molecular flexibility index (Phi) is 5.52. The summed E-state index contributed by atoms with van der Waals surface area (Å²) in [4.78, 5) is 24.8.